The normalized spacial score (nSPS) is 16.6. The SMILES string of the molecule is CCNc1ccc(C(=O)NC(C)C2CCC2)cc1C. The van der Waals surface area contributed by atoms with Crippen LogP contribution >= 0.6 is 0 Å². The maximum atomic E-state index is 12.2. The van der Waals surface area contributed by atoms with Crippen LogP contribution in [0.15, 0.2) is 18.2 Å². The van der Waals surface area contributed by atoms with Gasteiger partial charge in [-0.3, -0.25) is 4.79 Å². The highest BCUT2D eigenvalue weighted by Crippen LogP contribution is 2.29. The Morgan fingerprint density at radius 2 is 2.16 bits per heavy atom. The molecule has 0 spiro atoms. The average Bonchev–Trinajstić information content (AvgIpc) is 2.29. The molecule has 1 unspecified atom stereocenters. The minimum atomic E-state index is 0.0468. The maximum absolute atomic E-state index is 12.2. The summed E-state index contributed by atoms with van der Waals surface area (Å²) in [6, 6.07) is 6.13. The fourth-order valence-electron chi connectivity index (χ4n) is 2.54. The van der Waals surface area contributed by atoms with Crippen LogP contribution in [-0.4, -0.2) is 18.5 Å². The molecule has 2 rings (SSSR count). The molecule has 19 heavy (non-hydrogen) atoms. The van der Waals surface area contributed by atoms with E-state index in [0.717, 1.165) is 23.4 Å². The minimum Gasteiger partial charge on any atom is -0.385 e. The molecule has 2 N–H and O–H groups in total. The molecule has 104 valence electrons. The summed E-state index contributed by atoms with van der Waals surface area (Å²) in [5.41, 5.74) is 2.97. The van der Waals surface area contributed by atoms with Crippen molar-refractivity contribution in [3.05, 3.63) is 29.3 Å². The molecule has 3 heteroatoms. The first-order chi connectivity index (χ1) is 9.11. The lowest BCUT2D eigenvalue weighted by molar-refractivity contribution is 0.0909. The zero-order chi connectivity index (χ0) is 13.8. The van der Waals surface area contributed by atoms with Crippen molar-refractivity contribution in [2.75, 3.05) is 11.9 Å². The van der Waals surface area contributed by atoms with Crippen LogP contribution in [-0.2, 0) is 0 Å². The number of anilines is 1. The topological polar surface area (TPSA) is 41.1 Å². The molecule has 1 aliphatic carbocycles. The van der Waals surface area contributed by atoms with Crippen LogP contribution in [0.2, 0.25) is 0 Å². The molecule has 0 saturated heterocycles. The van der Waals surface area contributed by atoms with E-state index in [4.69, 9.17) is 0 Å². The number of hydrogen-bond donors (Lipinski definition) is 2. The third-order valence-electron chi connectivity index (χ3n) is 4.07. The van der Waals surface area contributed by atoms with Gasteiger partial charge >= 0.3 is 0 Å². The molecule has 1 aliphatic rings. The maximum Gasteiger partial charge on any atom is 0.251 e. The van der Waals surface area contributed by atoms with E-state index in [1.165, 1.54) is 19.3 Å². The molecular formula is C16H24N2O. The van der Waals surface area contributed by atoms with E-state index in [1.807, 2.05) is 25.1 Å². The quantitative estimate of drug-likeness (QED) is 0.852. The summed E-state index contributed by atoms with van der Waals surface area (Å²) >= 11 is 0. The van der Waals surface area contributed by atoms with Crippen LogP contribution in [0.4, 0.5) is 5.69 Å². The van der Waals surface area contributed by atoms with E-state index in [2.05, 4.69) is 24.5 Å². The summed E-state index contributed by atoms with van der Waals surface area (Å²) < 4.78 is 0. The van der Waals surface area contributed by atoms with Crippen LogP contribution in [0.3, 0.4) is 0 Å². The van der Waals surface area contributed by atoms with Crippen molar-refractivity contribution in [2.24, 2.45) is 5.92 Å². The Labute approximate surface area is 115 Å². The van der Waals surface area contributed by atoms with Gasteiger partial charge in [-0.25, -0.2) is 0 Å². The Morgan fingerprint density at radius 1 is 1.42 bits per heavy atom. The van der Waals surface area contributed by atoms with Crippen molar-refractivity contribution in [3.8, 4) is 0 Å². The molecule has 0 heterocycles. The van der Waals surface area contributed by atoms with Gasteiger partial charge in [-0.2, -0.15) is 0 Å². The van der Waals surface area contributed by atoms with E-state index in [1.54, 1.807) is 0 Å². The standard InChI is InChI=1S/C16H24N2O/c1-4-17-15-9-8-14(10-11(15)2)16(19)18-12(3)13-6-5-7-13/h8-10,12-13,17H,4-7H2,1-3H3,(H,18,19). The van der Waals surface area contributed by atoms with Gasteiger partial charge in [-0.15, -0.1) is 0 Å². The number of hydrogen-bond acceptors (Lipinski definition) is 2. The second kappa shape index (κ2) is 6.09. The van der Waals surface area contributed by atoms with Crippen molar-refractivity contribution >= 4 is 11.6 Å². The monoisotopic (exact) mass is 260 g/mol. The van der Waals surface area contributed by atoms with E-state index < -0.39 is 0 Å². The number of rotatable bonds is 5. The average molecular weight is 260 g/mol. The summed E-state index contributed by atoms with van der Waals surface area (Å²) in [6.45, 7) is 7.11. The molecule has 0 aromatic heterocycles. The van der Waals surface area contributed by atoms with Crippen molar-refractivity contribution < 1.29 is 4.79 Å². The highest BCUT2D eigenvalue weighted by molar-refractivity contribution is 5.95. The fourth-order valence-corrected chi connectivity index (χ4v) is 2.54. The van der Waals surface area contributed by atoms with Gasteiger partial charge in [-0.05, 0) is 63.3 Å². The lowest BCUT2D eigenvalue weighted by atomic mass is 9.80. The first-order valence-corrected chi connectivity index (χ1v) is 7.27. The molecule has 1 fully saturated rings. The van der Waals surface area contributed by atoms with Gasteiger partial charge in [0.2, 0.25) is 0 Å². The van der Waals surface area contributed by atoms with Gasteiger partial charge in [0, 0.05) is 23.8 Å². The zero-order valence-electron chi connectivity index (χ0n) is 12.1. The molecular weight excluding hydrogens is 236 g/mol. The van der Waals surface area contributed by atoms with Crippen LogP contribution in [0, 0.1) is 12.8 Å². The minimum absolute atomic E-state index is 0.0468. The lowest BCUT2D eigenvalue weighted by Crippen LogP contribution is -2.40. The van der Waals surface area contributed by atoms with Crippen LogP contribution in [0.5, 0.6) is 0 Å². The third-order valence-corrected chi connectivity index (χ3v) is 4.07. The molecule has 0 bridgehead atoms. The first-order valence-electron chi connectivity index (χ1n) is 7.27. The Kier molecular flexibility index (Phi) is 4.46. The van der Waals surface area contributed by atoms with Crippen molar-refractivity contribution in [2.45, 2.75) is 46.1 Å². The second-order valence-corrected chi connectivity index (χ2v) is 5.51. The van der Waals surface area contributed by atoms with Crippen LogP contribution in [0.1, 0.15) is 49.0 Å². The molecule has 0 radical (unpaired) electrons. The molecule has 1 saturated carbocycles. The van der Waals surface area contributed by atoms with Gasteiger partial charge in [0.1, 0.15) is 0 Å². The number of amides is 1. The smallest absolute Gasteiger partial charge is 0.251 e. The first kappa shape index (κ1) is 13.9. The highest BCUT2D eigenvalue weighted by Gasteiger charge is 2.25. The van der Waals surface area contributed by atoms with E-state index in [0.29, 0.717) is 5.92 Å². The number of nitrogens with one attached hydrogen (secondary N) is 2. The molecule has 1 amide bonds. The van der Waals surface area contributed by atoms with Gasteiger partial charge in [-0.1, -0.05) is 6.42 Å². The van der Waals surface area contributed by atoms with Crippen molar-refractivity contribution in [3.63, 3.8) is 0 Å². The Hall–Kier alpha value is -1.51. The number of aryl methyl sites for hydroxylation is 1. The predicted octanol–water partition coefficient (Wildman–Crippen LogP) is 3.35. The number of carbonyl (C=O) groups excluding carboxylic acids is 1. The molecule has 1 aromatic carbocycles. The number of carbonyl (C=O) groups is 1. The summed E-state index contributed by atoms with van der Waals surface area (Å²) in [5, 5.41) is 6.40. The van der Waals surface area contributed by atoms with Crippen molar-refractivity contribution in [1.29, 1.82) is 0 Å². The summed E-state index contributed by atoms with van der Waals surface area (Å²) in [4.78, 5) is 12.2. The van der Waals surface area contributed by atoms with Gasteiger partial charge in [0.25, 0.3) is 5.91 Å². The summed E-state index contributed by atoms with van der Waals surface area (Å²) in [7, 11) is 0. The predicted molar refractivity (Wildman–Crippen MR) is 79.6 cm³/mol. The number of benzene rings is 1. The Balaban J connectivity index is 2.00. The summed E-state index contributed by atoms with van der Waals surface area (Å²) in [5.74, 6) is 0.719. The van der Waals surface area contributed by atoms with Gasteiger partial charge in [0.15, 0.2) is 0 Å². The van der Waals surface area contributed by atoms with Crippen LogP contribution in [0.25, 0.3) is 0 Å². The molecule has 0 aliphatic heterocycles. The van der Waals surface area contributed by atoms with Gasteiger partial charge < -0.3 is 10.6 Å². The lowest BCUT2D eigenvalue weighted by Gasteiger charge is -2.31. The molecule has 1 atom stereocenters. The van der Waals surface area contributed by atoms with E-state index >= 15 is 0 Å². The summed E-state index contributed by atoms with van der Waals surface area (Å²) in [6.07, 6.45) is 3.81. The molecule has 1 aromatic rings. The van der Waals surface area contributed by atoms with Gasteiger partial charge in [0.05, 0.1) is 0 Å². The largest absolute Gasteiger partial charge is 0.385 e. The van der Waals surface area contributed by atoms with E-state index in [-0.39, 0.29) is 11.9 Å². The fraction of sp³-hybridized carbons (Fsp3) is 0.562. The van der Waals surface area contributed by atoms with Crippen molar-refractivity contribution in [1.82, 2.24) is 5.32 Å². The zero-order valence-corrected chi connectivity index (χ0v) is 12.1. The molecule has 3 nitrogen and oxygen atoms in total. The Bertz CT molecular complexity index is 452. The highest BCUT2D eigenvalue weighted by atomic mass is 16.1. The second-order valence-electron chi connectivity index (χ2n) is 5.51. The van der Waals surface area contributed by atoms with E-state index in [9.17, 15) is 4.79 Å². The van der Waals surface area contributed by atoms with Crippen LogP contribution < -0.4 is 10.6 Å². The Morgan fingerprint density at radius 3 is 2.68 bits per heavy atom. The third kappa shape index (κ3) is 3.28.